The van der Waals surface area contributed by atoms with Gasteiger partial charge in [-0.2, -0.15) is 4.31 Å². The number of carboxylic acid groups (broad SMARTS) is 1. The molecule has 1 aliphatic rings. The first-order valence-corrected chi connectivity index (χ1v) is 8.70. The number of esters is 1. The Morgan fingerprint density at radius 2 is 1.91 bits per heavy atom. The van der Waals surface area contributed by atoms with Crippen molar-refractivity contribution in [2.75, 3.05) is 20.2 Å². The Bertz CT molecular complexity index is 725. The molecule has 1 fully saturated rings. The normalized spacial score (nSPS) is 17.0. The van der Waals surface area contributed by atoms with Gasteiger partial charge in [-0.3, -0.25) is 4.79 Å². The molecular weight excluding hydrogens is 346 g/mol. The number of rotatable bonds is 4. The van der Waals surface area contributed by atoms with Crippen molar-refractivity contribution in [3.8, 4) is 0 Å². The molecular formula is C14H16ClNO6S. The van der Waals surface area contributed by atoms with Crippen LogP contribution >= 0.6 is 11.6 Å². The molecule has 1 saturated heterocycles. The van der Waals surface area contributed by atoms with Gasteiger partial charge >= 0.3 is 11.9 Å². The lowest BCUT2D eigenvalue weighted by molar-refractivity contribution is -0.142. The van der Waals surface area contributed by atoms with Gasteiger partial charge in [-0.1, -0.05) is 11.6 Å². The van der Waals surface area contributed by atoms with E-state index in [-0.39, 0.29) is 41.4 Å². The summed E-state index contributed by atoms with van der Waals surface area (Å²) in [5.74, 6) is -2.06. The predicted octanol–water partition coefficient (Wildman–Crippen LogP) is 1.61. The predicted molar refractivity (Wildman–Crippen MR) is 81.9 cm³/mol. The third-order valence-corrected chi connectivity index (χ3v) is 6.16. The fourth-order valence-electron chi connectivity index (χ4n) is 2.44. The molecule has 0 spiro atoms. The number of aliphatic carboxylic acids is 1. The zero-order valence-electron chi connectivity index (χ0n) is 12.4. The van der Waals surface area contributed by atoms with Crippen LogP contribution in [0.5, 0.6) is 0 Å². The molecule has 0 radical (unpaired) electrons. The molecule has 0 aliphatic carbocycles. The fourth-order valence-corrected chi connectivity index (χ4v) is 4.43. The minimum atomic E-state index is -3.83. The van der Waals surface area contributed by atoms with Crippen LogP contribution in [0.3, 0.4) is 0 Å². The molecule has 1 aliphatic heterocycles. The number of benzene rings is 1. The van der Waals surface area contributed by atoms with E-state index in [1.54, 1.807) is 0 Å². The maximum atomic E-state index is 12.6. The van der Waals surface area contributed by atoms with Crippen molar-refractivity contribution in [3.63, 3.8) is 0 Å². The van der Waals surface area contributed by atoms with Gasteiger partial charge in [0.25, 0.3) is 0 Å². The second kappa shape index (κ2) is 6.86. The van der Waals surface area contributed by atoms with Crippen molar-refractivity contribution in [2.24, 2.45) is 5.92 Å². The lowest BCUT2D eigenvalue weighted by Crippen LogP contribution is -2.40. The average Bonchev–Trinajstić information content (AvgIpc) is 2.53. The number of sulfonamides is 1. The summed E-state index contributed by atoms with van der Waals surface area (Å²) in [5.41, 5.74) is 0.154. The molecule has 0 amide bonds. The molecule has 1 aromatic carbocycles. The highest BCUT2D eigenvalue weighted by atomic mass is 35.5. The molecule has 1 aromatic rings. The summed E-state index contributed by atoms with van der Waals surface area (Å²) < 4.78 is 31.0. The maximum absolute atomic E-state index is 12.6. The van der Waals surface area contributed by atoms with E-state index >= 15 is 0 Å². The number of halogens is 1. The highest BCUT2D eigenvalue weighted by molar-refractivity contribution is 7.89. The van der Waals surface area contributed by atoms with Crippen LogP contribution in [0.25, 0.3) is 0 Å². The van der Waals surface area contributed by atoms with Gasteiger partial charge in [0.2, 0.25) is 10.0 Å². The van der Waals surface area contributed by atoms with Crippen LogP contribution in [0.15, 0.2) is 23.1 Å². The smallest absolute Gasteiger partial charge is 0.337 e. The molecule has 9 heteroatoms. The number of piperidine rings is 1. The molecule has 0 aromatic heterocycles. The van der Waals surface area contributed by atoms with E-state index in [1.165, 1.54) is 29.6 Å². The van der Waals surface area contributed by atoms with E-state index in [4.69, 9.17) is 16.7 Å². The third-order valence-electron chi connectivity index (χ3n) is 3.77. The monoisotopic (exact) mass is 361 g/mol. The van der Waals surface area contributed by atoms with Gasteiger partial charge in [0.15, 0.2) is 0 Å². The summed E-state index contributed by atoms with van der Waals surface area (Å²) in [7, 11) is -2.62. The number of carbonyl (C=O) groups is 2. The van der Waals surface area contributed by atoms with E-state index in [0.717, 1.165) is 0 Å². The Balaban J connectivity index is 2.24. The molecule has 0 unspecified atom stereocenters. The van der Waals surface area contributed by atoms with E-state index in [0.29, 0.717) is 0 Å². The average molecular weight is 362 g/mol. The topological polar surface area (TPSA) is 101 Å². The van der Waals surface area contributed by atoms with Gasteiger partial charge in [-0.25, -0.2) is 13.2 Å². The van der Waals surface area contributed by atoms with Crippen LogP contribution in [0.1, 0.15) is 23.2 Å². The van der Waals surface area contributed by atoms with Crippen LogP contribution in [-0.4, -0.2) is 50.0 Å². The van der Waals surface area contributed by atoms with E-state index in [1.807, 2.05) is 0 Å². The van der Waals surface area contributed by atoms with Crippen LogP contribution in [-0.2, 0) is 19.6 Å². The minimum absolute atomic E-state index is 0.0757. The number of hydrogen-bond donors (Lipinski definition) is 1. The summed E-state index contributed by atoms with van der Waals surface area (Å²) >= 11 is 6.01. The zero-order chi connectivity index (χ0) is 17.2. The Morgan fingerprint density at radius 3 is 2.39 bits per heavy atom. The first kappa shape index (κ1) is 17.7. The molecule has 2 rings (SSSR count). The van der Waals surface area contributed by atoms with Gasteiger partial charge in [-0.15, -0.1) is 0 Å². The van der Waals surface area contributed by atoms with Crippen molar-refractivity contribution in [3.05, 3.63) is 28.8 Å². The van der Waals surface area contributed by atoms with Gasteiger partial charge in [0, 0.05) is 13.1 Å². The Labute approximate surface area is 138 Å². The quantitative estimate of drug-likeness (QED) is 0.817. The van der Waals surface area contributed by atoms with Crippen LogP contribution in [0.4, 0.5) is 0 Å². The van der Waals surface area contributed by atoms with Crippen molar-refractivity contribution in [1.82, 2.24) is 4.31 Å². The summed E-state index contributed by atoms with van der Waals surface area (Å²) in [4.78, 5) is 22.3. The Kier molecular flexibility index (Phi) is 5.28. The van der Waals surface area contributed by atoms with Gasteiger partial charge in [0.1, 0.15) is 4.90 Å². The standard InChI is InChI=1S/C14H16ClNO6S/c1-22-14(19)10-2-3-12(11(15)8-10)23(20,21)16-6-4-9(5-7-16)13(17)18/h2-3,8-9H,4-7H2,1H3,(H,17,18). The molecule has 0 bridgehead atoms. The van der Waals surface area contributed by atoms with Crippen molar-refractivity contribution in [1.29, 1.82) is 0 Å². The number of methoxy groups -OCH3 is 1. The van der Waals surface area contributed by atoms with Gasteiger partial charge < -0.3 is 9.84 Å². The van der Waals surface area contributed by atoms with E-state index in [9.17, 15) is 18.0 Å². The second-order valence-corrected chi connectivity index (χ2v) is 7.47. The Hall–Kier alpha value is -1.64. The Morgan fingerprint density at radius 1 is 1.30 bits per heavy atom. The molecule has 23 heavy (non-hydrogen) atoms. The van der Waals surface area contributed by atoms with Crippen LogP contribution in [0, 0.1) is 5.92 Å². The first-order chi connectivity index (χ1) is 10.8. The molecule has 7 nitrogen and oxygen atoms in total. The second-order valence-electron chi connectivity index (χ2n) is 5.15. The molecule has 1 heterocycles. The summed E-state index contributed by atoms with van der Waals surface area (Å²) in [6.45, 7) is 0.239. The van der Waals surface area contributed by atoms with Gasteiger partial charge in [0.05, 0.1) is 23.6 Å². The zero-order valence-corrected chi connectivity index (χ0v) is 13.9. The summed E-state index contributed by atoms with van der Waals surface area (Å²) in [5, 5.41) is 8.89. The summed E-state index contributed by atoms with van der Waals surface area (Å²) in [6, 6.07) is 3.83. The van der Waals surface area contributed by atoms with Crippen LogP contribution in [0.2, 0.25) is 5.02 Å². The third kappa shape index (κ3) is 3.65. The maximum Gasteiger partial charge on any atom is 0.337 e. The number of nitrogens with zero attached hydrogens (tertiary/aromatic N) is 1. The van der Waals surface area contributed by atoms with E-state index < -0.39 is 27.9 Å². The molecule has 0 saturated carbocycles. The van der Waals surface area contributed by atoms with E-state index in [2.05, 4.69) is 4.74 Å². The largest absolute Gasteiger partial charge is 0.481 e. The molecule has 1 N–H and O–H groups in total. The highest BCUT2D eigenvalue weighted by Gasteiger charge is 2.33. The lowest BCUT2D eigenvalue weighted by Gasteiger charge is -2.29. The number of carbonyl (C=O) groups excluding carboxylic acids is 1. The molecule has 126 valence electrons. The van der Waals surface area contributed by atoms with Crippen LogP contribution < -0.4 is 0 Å². The summed E-state index contributed by atoms with van der Waals surface area (Å²) in [6.07, 6.45) is 0.513. The molecule has 0 atom stereocenters. The highest BCUT2D eigenvalue weighted by Crippen LogP contribution is 2.29. The SMILES string of the molecule is COC(=O)c1ccc(S(=O)(=O)N2CCC(C(=O)O)CC2)c(Cl)c1. The van der Waals surface area contributed by atoms with Crippen molar-refractivity contribution >= 4 is 33.6 Å². The van der Waals surface area contributed by atoms with Gasteiger partial charge in [-0.05, 0) is 31.0 Å². The van der Waals surface area contributed by atoms with Crippen molar-refractivity contribution < 1.29 is 27.9 Å². The lowest BCUT2D eigenvalue weighted by atomic mass is 9.99. The fraction of sp³-hybridized carbons (Fsp3) is 0.429. The number of ether oxygens (including phenoxy) is 1. The first-order valence-electron chi connectivity index (χ1n) is 6.88. The minimum Gasteiger partial charge on any atom is -0.481 e. The number of hydrogen-bond acceptors (Lipinski definition) is 5. The number of carboxylic acids is 1. The van der Waals surface area contributed by atoms with Crippen molar-refractivity contribution in [2.45, 2.75) is 17.7 Å².